The fraction of sp³-hybridized carbons (Fsp3) is 0.857. The van der Waals surface area contributed by atoms with E-state index in [1.807, 2.05) is 4.90 Å². The normalized spacial score (nSPS) is 19.6. The zero-order chi connectivity index (χ0) is 14.3. The molecule has 5 nitrogen and oxygen atoms in total. The smallest absolute Gasteiger partial charge is 0.223 e. The van der Waals surface area contributed by atoms with Crippen molar-refractivity contribution in [1.29, 1.82) is 0 Å². The van der Waals surface area contributed by atoms with Gasteiger partial charge in [-0.25, -0.2) is 0 Å². The lowest BCUT2D eigenvalue weighted by molar-refractivity contribution is -0.136. The summed E-state index contributed by atoms with van der Waals surface area (Å²) in [4.78, 5) is 25.6. The zero-order valence-electron chi connectivity index (χ0n) is 12.2. The molecule has 2 amide bonds. The second-order valence-corrected chi connectivity index (χ2v) is 5.68. The summed E-state index contributed by atoms with van der Waals surface area (Å²) in [5.41, 5.74) is 5.34. The quantitative estimate of drug-likeness (QED) is 0.751. The first-order valence-electron chi connectivity index (χ1n) is 7.30. The third kappa shape index (κ3) is 5.59. The van der Waals surface area contributed by atoms with Crippen LogP contribution in [0.4, 0.5) is 0 Å². The van der Waals surface area contributed by atoms with E-state index >= 15 is 0 Å². The summed E-state index contributed by atoms with van der Waals surface area (Å²) in [6, 6.07) is 0.154. The van der Waals surface area contributed by atoms with Crippen LogP contribution in [0.2, 0.25) is 0 Å². The van der Waals surface area contributed by atoms with Gasteiger partial charge in [-0.3, -0.25) is 9.59 Å². The van der Waals surface area contributed by atoms with Gasteiger partial charge in [-0.2, -0.15) is 0 Å². The van der Waals surface area contributed by atoms with Crippen molar-refractivity contribution in [3.8, 4) is 0 Å². The summed E-state index contributed by atoms with van der Waals surface area (Å²) in [7, 11) is 0. The van der Waals surface area contributed by atoms with Crippen LogP contribution in [-0.4, -0.2) is 42.4 Å². The van der Waals surface area contributed by atoms with E-state index in [9.17, 15) is 9.59 Å². The monoisotopic (exact) mass is 269 g/mol. The average molecular weight is 269 g/mol. The third-order valence-corrected chi connectivity index (χ3v) is 3.44. The number of nitrogens with one attached hydrogen (secondary N) is 1. The van der Waals surface area contributed by atoms with E-state index in [1.54, 1.807) is 0 Å². The number of piperidine rings is 1. The van der Waals surface area contributed by atoms with Gasteiger partial charge in [0.2, 0.25) is 11.8 Å². The van der Waals surface area contributed by atoms with Gasteiger partial charge >= 0.3 is 0 Å². The molecule has 0 bridgehead atoms. The maximum atomic E-state index is 12.2. The van der Waals surface area contributed by atoms with Crippen LogP contribution in [0.5, 0.6) is 0 Å². The molecule has 1 fully saturated rings. The second kappa shape index (κ2) is 8.15. The highest BCUT2D eigenvalue weighted by Gasteiger charge is 2.26. The van der Waals surface area contributed by atoms with Crippen LogP contribution in [-0.2, 0) is 9.59 Å². The van der Waals surface area contributed by atoms with Crippen LogP contribution < -0.4 is 11.1 Å². The van der Waals surface area contributed by atoms with Crippen LogP contribution in [0, 0.1) is 5.92 Å². The van der Waals surface area contributed by atoms with Crippen molar-refractivity contribution < 1.29 is 9.59 Å². The standard InChI is InChI=1S/C14H27N3O2/c1-11(2)9-14(19)17-8-4-3-5-12(17)10-16-13(18)6-7-15/h11-12H,3-10,15H2,1-2H3,(H,16,18). The molecule has 0 saturated carbocycles. The maximum Gasteiger partial charge on any atom is 0.223 e. The lowest BCUT2D eigenvalue weighted by atomic mass is 10.00. The largest absolute Gasteiger partial charge is 0.354 e. The number of nitrogens with two attached hydrogens (primary N) is 1. The van der Waals surface area contributed by atoms with E-state index in [-0.39, 0.29) is 17.9 Å². The molecule has 19 heavy (non-hydrogen) atoms. The van der Waals surface area contributed by atoms with Crippen molar-refractivity contribution in [2.45, 2.75) is 52.0 Å². The number of nitrogens with zero attached hydrogens (tertiary/aromatic N) is 1. The van der Waals surface area contributed by atoms with E-state index in [4.69, 9.17) is 5.73 Å². The first-order valence-corrected chi connectivity index (χ1v) is 7.30. The Morgan fingerprint density at radius 2 is 2.11 bits per heavy atom. The van der Waals surface area contributed by atoms with Gasteiger partial charge in [-0.1, -0.05) is 13.8 Å². The summed E-state index contributed by atoms with van der Waals surface area (Å²) in [6.07, 6.45) is 4.12. The Balaban J connectivity index is 2.47. The lowest BCUT2D eigenvalue weighted by Gasteiger charge is -2.36. The van der Waals surface area contributed by atoms with Gasteiger partial charge in [0, 0.05) is 38.5 Å². The molecule has 0 spiro atoms. The Morgan fingerprint density at radius 1 is 1.37 bits per heavy atom. The molecule has 1 unspecified atom stereocenters. The van der Waals surface area contributed by atoms with Crippen LogP contribution in [0.3, 0.4) is 0 Å². The van der Waals surface area contributed by atoms with Gasteiger partial charge in [-0.15, -0.1) is 0 Å². The summed E-state index contributed by atoms with van der Waals surface area (Å²) in [5.74, 6) is 0.569. The summed E-state index contributed by atoms with van der Waals surface area (Å²) >= 11 is 0. The van der Waals surface area contributed by atoms with Crippen molar-refractivity contribution >= 4 is 11.8 Å². The highest BCUT2D eigenvalue weighted by atomic mass is 16.2. The van der Waals surface area contributed by atoms with E-state index in [1.165, 1.54) is 0 Å². The highest BCUT2D eigenvalue weighted by Crippen LogP contribution is 2.18. The Kier molecular flexibility index (Phi) is 6.84. The summed E-state index contributed by atoms with van der Waals surface area (Å²) < 4.78 is 0. The summed E-state index contributed by atoms with van der Waals surface area (Å²) in [5, 5.41) is 2.88. The van der Waals surface area contributed by atoms with Gasteiger partial charge in [0.15, 0.2) is 0 Å². The molecule has 110 valence electrons. The molecule has 1 aliphatic heterocycles. The molecule has 0 aromatic rings. The number of likely N-dealkylation sites (tertiary alicyclic amines) is 1. The minimum atomic E-state index is -0.0238. The molecule has 0 aliphatic carbocycles. The Morgan fingerprint density at radius 3 is 2.74 bits per heavy atom. The number of carbonyl (C=O) groups is 2. The first kappa shape index (κ1) is 16.0. The van der Waals surface area contributed by atoms with Crippen molar-refractivity contribution in [3.63, 3.8) is 0 Å². The molecule has 5 heteroatoms. The molecule has 0 radical (unpaired) electrons. The van der Waals surface area contributed by atoms with E-state index < -0.39 is 0 Å². The maximum absolute atomic E-state index is 12.2. The molecule has 0 aromatic carbocycles. The van der Waals surface area contributed by atoms with Crippen LogP contribution in [0.1, 0.15) is 46.0 Å². The third-order valence-electron chi connectivity index (χ3n) is 3.44. The highest BCUT2D eigenvalue weighted by molar-refractivity contribution is 5.78. The molecular weight excluding hydrogens is 242 g/mol. The predicted octanol–water partition coefficient (Wildman–Crippen LogP) is 0.879. The van der Waals surface area contributed by atoms with Crippen LogP contribution in [0.15, 0.2) is 0 Å². The molecule has 1 rings (SSSR count). The second-order valence-electron chi connectivity index (χ2n) is 5.68. The topological polar surface area (TPSA) is 75.4 Å². The van der Waals surface area contributed by atoms with Gasteiger partial charge in [-0.05, 0) is 25.2 Å². The first-order chi connectivity index (χ1) is 9.04. The Bertz CT molecular complexity index is 305. The predicted molar refractivity (Wildman–Crippen MR) is 75.5 cm³/mol. The SMILES string of the molecule is CC(C)CC(=O)N1CCCCC1CNC(=O)CCN. The number of amides is 2. The molecule has 3 N–H and O–H groups in total. The molecular formula is C14H27N3O2. The van der Waals surface area contributed by atoms with Crippen LogP contribution in [0.25, 0.3) is 0 Å². The fourth-order valence-electron chi connectivity index (χ4n) is 2.46. The number of hydrogen-bond acceptors (Lipinski definition) is 3. The van der Waals surface area contributed by atoms with Crippen molar-refractivity contribution in [1.82, 2.24) is 10.2 Å². The number of rotatable bonds is 6. The lowest BCUT2D eigenvalue weighted by Crippen LogP contribution is -2.49. The van der Waals surface area contributed by atoms with Crippen molar-refractivity contribution in [2.75, 3.05) is 19.6 Å². The Hall–Kier alpha value is -1.10. The van der Waals surface area contributed by atoms with Gasteiger partial charge in [0.05, 0.1) is 0 Å². The average Bonchev–Trinajstić information content (AvgIpc) is 2.36. The van der Waals surface area contributed by atoms with Crippen LogP contribution >= 0.6 is 0 Å². The molecule has 0 aromatic heterocycles. The van der Waals surface area contributed by atoms with Crippen molar-refractivity contribution in [3.05, 3.63) is 0 Å². The molecule has 1 heterocycles. The van der Waals surface area contributed by atoms with Gasteiger partial charge in [0.1, 0.15) is 0 Å². The van der Waals surface area contributed by atoms with E-state index in [0.717, 1.165) is 25.8 Å². The van der Waals surface area contributed by atoms with Gasteiger partial charge < -0.3 is 16.0 Å². The van der Waals surface area contributed by atoms with E-state index in [2.05, 4.69) is 19.2 Å². The number of hydrogen-bond donors (Lipinski definition) is 2. The fourth-order valence-corrected chi connectivity index (χ4v) is 2.46. The Labute approximate surface area is 115 Å². The van der Waals surface area contributed by atoms with Gasteiger partial charge in [0.25, 0.3) is 0 Å². The minimum Gasteiger partial charge on any atom is -0.354 e. The molecule has 1 saturated heterocycles. The number of carbonyl (C=O) groups excluding carboxylic acids is 2. The summed E-state index contributed by atoms with van der Waals surface area (Å²) in [6.45, 7) is 5.86. The van der Waals surface area contributed by atoms with Crippen molar-refractivity contribution in [2.24, 2.45) is 11.7 Å². The van der Waals surface area contributed by atoms with E-state index in [0.29, 0.717) is 31.8 Å². The molecule has 1 aliphatic rings. The zero-order valence-corrected chi connectivity index (χ0v) is 12.2. The molecule has 1 atom stereocenters. The minimum absolute atomic E-state index is 0.0238.